The van der Waals surface area contributed by atoms with Crippen molar-refractivity contribution in [3.8, 4) is 0 Å². The van der Waals surface area contributed by atoms with E-state index in [0.717, 1.165) is 15.8 Å². The average molecular weight is 470 g/mol. The van der Waals surface area contributed by atoms with Crippen molar-refractivity contribution in [3.63, 3.8) is 0 Å². The maximum Gasteiger partial charge on any atom is 0.244 e. The highest BCUT2D eigenvalue weighted by Crippen LogP contribution is 2.34. The number of nitrogens with zero attached hydrogens (tertiary/aromatic N) is 2. The lowest BCUT2D eigenvalue weighted by atomic mass is 10.2. The largest absolute Gasteiger partial charge is 0.301 e. The van der Waals surface area contributed by atoms with Crippen molar-refractivity contribution >= 4 is 65.8 Å². The molecule has 1 atom stereocenters. The summed E-state index contributed by atoms with van der Waals surface area (Å²) in [5, 5.41) is 4.19. The molecule has 0 spiro atoms. The van der Waals surface area contributed by atoms with Gasteiger partial charge >= 0.3 is 0 Å². The molecule has 29 heavy (non-hydrogen) atoms. The number of hydrogen-bond acceptors (Lipinski definition) is 5. The molecule has 0 saturated carbocycles. The van der Waals surface area contributed by atoms with E-state index in [4.69, 9.17) is 23.2 Å². The van der Waals surface area contributed by atoms with Gasteiger partial charge in [0.2, 0.25) is 15.9 Å². The fourth-order valence-electron chi connectivity index (χ4n) is 3.38. The number of rotatable bonds is 4. The van der Waals surface area contributed by atoms with E-state index in [-0.39, 0.29) is 11.4 Å². The molecule has 1 aliphatic rings. The fourth-order valence-corrected chi connectivity index (χ4v) is 6.38. The van der Waals surface area contributed by atoms with Crippen LogP contribution in [0.15, 0.2) is 41.3 Å². The predicted octanol–water partition coefficient (Wildman–Crippen LogP) is 4.70. The van der Waals surface area contributed by atoms with E-state index in [9.17, 15) is 13.2 Å². The van der Waals surface area contributed by atoms with Crippen LogP contribution in [-0.2, 0) is 14.8 Å². The summed E-state index contributed by atoms with van der Waals surface area (Å²) in [5.74, 6) is -0.395. The highest BCUT2D eigenvalue weighted by molar-refractivity contribution is 7.89. The molecule has 2 aromatic carbocycles. The van der Waals surface area contributed by atoms with Crippen molar-refractivity contribution < 1.29 is 13.2 Å². The molecule has 3 aromatic rings. The van der Waals surface area contributed by atoms with Crippen LogP contribution in [0.1, 0.15) is 18.4 Å². The Morgan fingerprint density at radius 1 is 1.21 bits per heavy atom. The molecule has 0 radical (unpaired) electrons. The van der Waals surface area contributed by atoms with Crippen molar-refractivity contribution in [2.75, 3.05) is 11.9 Å². The van der Waals surface area contributed by atoms with Crippen molar-refractivity contribution in [2.24, 2.45) is 0 Å². The lowest BCUT2D eigenvalue weighted by Crippen LogP contribution is -2.43. The summed E-state index contributed by atoms with van der Waals surface area (Å²) in [6.07, 6.45) is 1.05. The third-order valence-electron chi connectivity index (χ3n) is 4.85. The van der Waals surface area contributed by atoms with Crippen LogP contribution in [0.2, 0.25) is 10.0 Å². The SMILES string of the molecule is Cc1ccc(Cl)c2sc(NC(=O)C3CCCN3S(=O)(=O)c3ccc(Cl)cc3)nc12. The number of thiazole rings is 1. The van der Waals surface area contributed by atoms with E-state index in [1.54, 1.807) is 6.07 Å². The summed E-state index contributed by atoms with van der Waals surface area (Å²) in [4.78, 5) is 17.5. The Kier molecular flexibility index (Phi) is 5.56. The second kappa shape index (κ2) is 7.85. The number of halogens is 2. The Bertz CT molecular complexity index is 1150. The highest BCUT2D eigenvalue weighted by Gasteiger charge is 2.39. The first-order valence-corrected chi connectivity index (χ1v) is 11.9. The van der Waals surface area contributed by atoms with E-state index < -0.39 is 22.0 Å². The highest BCUT2D eigenvalue weighted by atomic mass is 35.5. The second-order valence-corrected chi connectivity index (χ2v) is 10.5. The normalized spacial score (nSPS) is 17.7. The lowest BCUT2D eigenvalue weighted by Gasteiger charge is -2.23. The van der Waals surface area contributed by atoms with E-state index in [2.05, 4.69) is 10.3 Å². The molecule has 0 bridgehead atoms. The number of benzene rings is 2. The molecular formula is C19H17Cl2N3O3S2. The van der Waals surface area contributed by atoms with Gasteiger partial charge < -0.3 is 5.32 Å². The molecule has 1 unspecified atom stereocenters. The van der Waals surface area contributed by atoms with Crippen LogP contribution < -0.4 is 5.32 Å². The average Bonchev–Trinajstić information content (AvgIpc) is 3.33. The number of hydrogen-bond donors (Lipinski definition) is 1. The van der Waals surface area contributed by atoms with Crippen LogP contribution in [-0.4, -0.2) is 36.2 Å². The first-order chi connectivity index (χ1) is 13.8. The zero-order valence-electron chi connectivity index (χ0n) is 15.4. The minimum absolute atomic E-state index is 0.115. The quantitative estimate of drug-likeness (QED) is 0.600. The Balaban J connectivity index is 1.59. The lowest BCUT2D eigenvalue weighted by molar-refractivity contribution is -0.119. The molecule has 2 heterocycles. The molecule has 10 heteroatoms. The van der Waals surface area contributed by atoms with E-state index in [0.29, 0.717) is 28.0 Å². The molecule has 6 nitrogen and oxygen atoms in total. The van der Waals surface area contributed by atoms with Gasteiger partial charge in [-0.05, 0) is 55.7 Å². The van der Waals surface area contributed by atoms with E-state index in [1.807, 2.05) is 13.0 Å². The number of aromatic nitrogens is 1. The zero-order chi connectivity index (χ0) is 20.8. The molecule has 1 amide bonds. The third-order valence-corrected chi connectivity index (χ3v) is 8.46. The fraction of sp³-hybridized carbons (Fsp3) is 0.263. The number of nitrogens with one attached hydrogen (secondary N) is 1. The Hall–Kier alpha value is -1.71. The summed E-state index contributed by atoms with van der Waals surface area (Å²) >= 11 is 13.4. The summed E-state index contributed by atoms with van der Waals surface area (Å²) in [5.41, 5.74) is 1.68. The monoisotopic (exact) mass is 469 g/mol. The van der Waals surface area contributed by atoms with E-state index in [1.165, 1.54) is 39.9 Å². The first kappa shape index (κ1) is 20.6. The summed E-state index contributed by atoms with van der Waals surface area (Å²) in [6, 6.07) is 8.80. The second-order valence-electron chi connectivity index (χ2n) is 6.78. The summed E-state index contributed by atoms with van der Waals surface area (Å²) in [7, 11) is -3.80. The Morgan fingerprint density at radius 2 is 1.93 bits per heavy atom. The minimum atomic E-state index is -3.80. The van der Waals surface area contributed by atoms with Crippen molar-refractivity contribution in [1.29, 1.82) is 0 Å². The van der Waals surface area contributed by atoms with Gasteiger partial charge in [0, 0.05) is 11.6 Å². The molecule has 1 fully saturated rings. The minimum Gasteiger partial charge on any atom is -0.301 e. The smallest absolute Gasteiger partial charge is 0.244 e. The van der Waals surface area contributed by atoms with Gasteiger partial charge in [-0.15, -0.1) is 0 Å². The molecule has 1 N–H and O–H groups in total. The predicted molar refractivity (Wildman–Crippen MR) is 116 cm³/mol. The maximum absolute atomic E-state index is 13.0. The summed E-state index contributed by atoms with van der Waals surface area (Å²) in [6.45, 7) is 2.20. The molecule has 1 aromatic heterocycles. The number of anilines is 1. The zero-order valence-corrected chi connectivity index (χ0v) is 18.5. The van der Waals surface area contributed by atoms with Gasteiger partial charge in [-0.3, -0.25) is 4.79 Å². The van der Waals surface area contributed by atoms with Crippen molar-refractivity contribution in [3.05, 3.63) is 52.0 Å². The number of amides is 1. The van der Waals surface area contributed by atoms with Crippen LogP contribution >= 0.6 is 34.5 Å². The topological polar surface area (TPSA) is 79.4 Å². The Morgan fingerprint density at radius 3 is 2.62 bits per heavy atom. The third kappa shape index (κ3) is 3.87. The van der Waals surface area contributed by atoms with Gasteiger partial charge in [0.25, 0.3) is 0 Å². The number of fused-ring (bicyclic) bond motifs is 1. The van der Waals surface area contributed by atoms with Crippen LogP contribution in [0.3, 0.4) is 0 Å². The van der Waals surface area contributed by atoms with Crippen molar-refractivity contribution in [2.45, 2.75) is 30.7 Å². The Labute approximate surface area is 182 Å². The van der Waals surface area contributed by atoms with Crippen LogP contribution in [0.25, 0.3) is 10.2 Å². The van der Waals surface area contributed by atoms with E-state index >= 15 is 0 Å². The van der Waals surface area contributed by atoms with Gasteiger partial charge in [-0.1, -0.05) is 40.6 Å². The van der Waals surface area contributed by atoms with Gasteiger partial charge in [-0.25, -0.2) is 13.4 Å². The standard InChI is InChI=1S/C19H17Cl2N3O3S2/c1-11-4-9-14(21)17-16(11)22-19(28-17)23-18(25)15-3-2-10-24(15)29(26,27)13-7-5-12(20)6-8-13/h4-9,15H,2-3,10H2,1H3,(H,22,23,25). The molecule has 0 aliphatic carbocycles. The molecule has 4 rings (SSSR count). The van der Waals surface area contributed by atoms with Gasteiger partial charge in [0.05, 0.1) is 20.1 Å². The number of sulfonamides is 1. The van der Waals surface area contributed by atoms with Crippen LogP contribution in [0.5, 0.6) is 0 Å². The van der Waals surface area contributed by atoms with Crippen LogP contribution in [0, 0.1) is 6.92 Å². The number of carbonyl (C=O) groups excluding carboxylic acids is 1. The van der Waals surface area contributed by atoms with Gasteiger partial charge in [-0.2, -0.15) is 4.31 Å². The number of aryl methyl sites for hydroxylation is 1. The molecular weight excluding hydrogens is 453 g/mol. The number of carbonyl (C=O) groups is 1. The first-order valence-electron chi connectivity index (χ1n) is 8.91. The van der Waals surface area contributed by atoms with Crippen molar-refractivity contribution in [1.82, 2.24) is 9.29 Å². The molecule has 152 valence electrons. The molecule has 1 saturated heterocycles. The maximum atomic E-state index is 13.0. The summed E-state index contributed by atoms with van der Waals surface area (Å²) < 4.78 is 28.1. The van der Waals surface area contributed by atoms with Crippen LogP contribution in [0.4, 0.5) is 5.13 Å². The molecule has 1 aliphatic heterocycles. The van der Waals surface area contributed by atoms with Gasteiger partial charge in [0.1, 0.15) is 6.04 Å². The van der Waals surface area contributed by atoms with Gasteiger partial charge in [0.15, 0.2) is 5.13 Å².